The Labute approximate surface area is 231 Å². The number of carboxylic acid groups (broad SMARTS) is 1. The molecule has 0 radical (unpaired) electrons. The van der Waals surface area contributed by atoms with Crippen LogP contribution < -0.4 is 10.1 Å². The first-order valence-electron chi connectivity index (χ1n) is 12.7. The van der Waals surface area contributed by atoms with Crippen LogP contribution in [0.2, 0.25) is 0 Å². The molecular weight excluding hydrogens is 557 g/mol. The molecule has 5 rings (SSSR count). The van der Waals surface area contributed by atoms with E-state index >= 15 is 0 Å². The molecule has 0 aromatic heterocycles. The summed E-state index contributed by atoms with van der Waals surface area (Å²) in [5, 5.41) is 43.3. The molecule has 1 aromatic rings. The molecule has 15 heteroatoms. The van der Waals surface area contributed by atoms with Crippen LogP contribution >= 0.6 is 0 Å². The van der Waals surface area contributed by atoms with Crippen molar-refractivity contribution < 1.29 is 62.2 Å². The second kappa shape index (κ2) is 10.6. The minimum absolute atomic E-state index is 0.0500. The van der Waals surface area contributed by atoms with E-state index in [4.69, 9.17) is 19.4 Å². The van der Waals surface area contributed by atoms with Gasteiger partial charge in [-0.3, -0.25) is 14.4 Å². The molecule has 1 spiro atoms. The number of hydrogen-bond donors (Lipinski definition) is 5. The van der Waals surface area contributed by atoms with Crippen LogP contribution in [0.1, 0.15) is 37.3 Å². The third-order valence-electron chi connectivity index (χ3n) is 8.09. The molecule has 1 fully saturated rings. The van der Waals surface area contributed by atoms with Gasteiger partial charge in [0.1, 0.15) is 17.9 Å². The number of aldehydes is 1. The first kappa shape index (κ1) is 30.3. The first-order chi connectivity index (χ1) is 19.1. The van der Waals surface area contributed by atoms with Crippen LogP contribution in [0.3, 0.4) is 0 Å². The number of ether oxygens (including phenoxy) is 2. The number of likely N-dealkylation sites (N-methyl/N-ethyl adjacent to an activating group) is 1. The maximum Gasteiger partial charge on any atom is 0.446 e. The molecule has 224 valence electrons. The van der Waals surface area contributed by atoms with Gasteiger partial charge in [-0.15, -0.1) is 0 Å². The molecule has 5 N–H and O–H groups in total. The minimum atomic E-state index is -4.64. The summed E-state index contributed by atoms with van der Waals surface area (Å²) in [6, 6.07) is 2.04. The number of carbonyl (C=O) groups is 4. The van der Waals surface area contributed by atoms with Gasteiger partial charge in [0.2, 0.25) is 12.2 Å². The van der Waals surface area contributed by atoms with Gasteiger partial charge in [-0.1, -0.05) is 6.07 Å². The molecule has 1 aromatic carbocycles. The fraction of sp³-hybridized carbons (Fsp3) is 0.538. The van der Waals surface area contributed by atoms with Crippen LogP contribution in [0.15, 0.2) is 24.0 Å². The van der Waals surface area contributed by atoms with E-state index in [9.17, 15) is 42.9 Å². The third kappa shape index (κ3) is 5.13. The molecule has 0 saturated carbocycles. The Balaban J connectivity index is 0.000000585. The largest absolute Gasteiger partial charge is 0.504 e. The molecule has 2 aliphatic carbocycles. The van der Waals surface area contributed by atoms with Gasteiger partial charge in [-0.2, -0.15) is 13.2 Å². The Kier molecular flexibility index (Phi) is 7.84. The zero-order valence-corrected chi connectivity index (χ0v) is 22.0. The number of carbonyl (C=O) groups excluding carboxylic acids is 3. The summed E-state index contributed by atoms with van der Waals surface area (Å²) in [5.74, 6) is -2.78. The lowest BCUT2D eigenvalue weighted by Crippen LogP contribution is -2.74. The highest BCUT2D eigenvalue weighted by Gasteiger charge is 2.72. The van der Waals surface area contributed by atoms with E-state index in [2.05, 4.69) is 10.2 Å². The molecule has 4 aliphatic rings. The van der Waals surface area contributed by atoms with Crippen LogP contribution in [0.25, 0.3) is 0 Å². The number of rotatable bonds is 6. The van der Waals surface area contributed by atoms with Crippen molar-refractivity contribution in [1.82, 2.24) is 10.2 Å². The predicted octanol–water partition coefficient (Wildman–Crippen LogP) is 0.301. The number of piperidine rings is 1. The number of aliphatic carboxylic acids is 1. The summed E-state index contributed by atoms with van der Waals surface area (Å²) in [6.45, 7) is 2.03. The van der Waals surface area contributed by atoms with Gasteiger partial charge in [-0.05, 0) is 51.1 Å². The topological polar surface area (TPSA) is 183 Å². The molecule has 1 amide bonds. The number of phenols is 1. The number of benzene rings is 1. The highest BCUT2D eigenvalue weighted by molar-refractivity contribution is 5.89. The van der Waals surface area contributed by atoms with Gasteiger partial charge < -0.3 is 40.1 Å². The highest BCUT2D eigenvalue weighted by Crippen LogP contribution is 2.65. The van der Waals surface area contributed by atoms with Crippen LogP contribution in [0, 0.1) is 0 Å². The number of aromatic hydroxyl groups is 1. The van der Waals surface area contributed by atoms with E-state index in [1.54, 1.807) is 12.1 Å². The van der Waals surface area contributed by atoms with Crippen molar-refractivity contribution >= 4 is 24.1 Å². The highest BCUT2D eigenvalue weighted by atomic mass is 19.4. The van der Waals surface area contributed by atoms with Crippen molar-refractivity contribution in [2.45, 2.75) is 74.1 Å². The number of esters is 1. The number of phenolic OH excluding ortho intramolecular Hbond substituents is 1. The minimum Gasteiger partial charge on any atom is -0.504 e. The third-order valence-corrected chi connectivity index (χ3v) is 8.09. The average molecular weight is 587 g/mol. The lowest BCUT2D eigenvalue weighted by atomic mass is 9.50. The monoisotopic (exact) mass is 586 g/mol. The van der Waals surface area contributed by atoms with Crippen molar-refractivity contribution in [1.29, 1.82) is 0 Å². The summed E-state index contributed by atoms with van der Waals surface area (Å²) in [4.78, 5) is 46.4. The number of halogens is 3. The van der Waals surface area contributed by atoms with Gasteiger partial charge in [0.25, 0.3) is 0 Å². The second-order valence-electron chi connectivity index (χ2n) is 10.5. The number of aliphatic hydroxyl groups excluding tert-OH is 1. The van der Waals surface area contributed by atoms with Crippen LogP contribution in [-0.2, 0) is 35.8 Å². The SMILES string of the molecule is C[C@H](NC(=O)[C@@H](O)CC(=O)O)C(=O)OC1=CC[C@@]2(O)[C@H]3Cc4ccc(O)c5c4[C@@]2(CCN3C)[C@H]1O5.O=CC(F)(F)F. The number of amides is 1. The van der Waals surface area contributed by atoms with E-state index in [1.165, 1.54) is 6.92 Å². The molecule has 2 aliphatic heterocycles. The van der Waals surface area contributed by atoms with Gasteiger partial charge >= 0.3 is 18.1 Å². The summed E-state index contributed by atoms with van der Waals surface area (Å²) in [6.07, 6.45) is -6.22. The van der Waals surface area contributed by atoms with Gasteiger partial charge in [0, 0.05) is 18.0 Å². The maximum atomic E-state index is 12.8. The Morgan fingerprint density at radius 1 is 1.32 bits per heavy atom. The molecule has 6 atom stereocenters. The number of carboxylic acids is 1. The fourth-order valence-electron chi connectivity index (χ4n) is 6.27. The Bertz CT molecular complexity index is 1300. The molecular formula is C26H29F3N2O10. The van der Waals surface area contributed by atoms with Gasteiger partial charge in [0.15, 0.2) is 17.6 Å². The fourth-order valence-corrected chi connectivity index (χ4v) is 6.27. The molecule has 2 heterocycles. The molecule has 41 heavy (non-hydrogen) atoms. The van der Waals surface area contributed by atoms with Crippen LogP contribution in [-0.4, -0.2) is 99.1 Å². The number of likely N-dealkylation sites (tertiary alicyclic amines) is 1. The maximum absolute atomic E-state index is 12.8. The lowest BCUT2D eigenvalue weighted by molar-refractivity contribution is -0.170. The predicted molar refractivity (Wildman–Crippen MR) is 131 cm³/mol. The van der Waals surface area contributed by atoms with E-state index in [0.717, 1.165) is 11.1 Å². The van der Waals surface area contributed by atoms with E-state index in [1.807, 2.05) is 13.1 Å². The van der Waals surface area contributed by atoms with Crippen molar-refractivity contribution in [2.24, 2.45) is 0 Å². The van der Waals surface area contributed by atoms with Crippen LogP contribution in [0.4, 0.5) is 13.2 Å². The number of nitrogens with one attached hydrogen (secondary N) is 1. The average Bonchev–Trinajstić information content (AvgIpc) is 3.25. The smallest absolute Gasteiger partial charge is 0.446 e. The van der Waals surface area contributed by atoms with Crippen molar-refractivity contribution in [3.05, 3.63) is 35.1 Å². The van der Waals surface area contributed by atoms with E-state index < -0.39 is 66.0 Å². The number of alkyl halides is 3. The molecule has 1 saturated heterocycles. The Morgan fingerprint density at radius 3 is 2.59 bits per heavy atom. The number of hydrogen-bond acceptors (Lipinski definition) is 10. The summed E-state index contributed by atoms with van der Waals surface area (Å²) in [7, 11) is 1.97. The normalized spacial score (nSPS) is 28.9. The van der Waals surface area contributed by atoms with Crippen LogP contribution in [0.5, 0.6) is 11.5 Å². The second-order valence-corrected chi connectivity index (χ2v) is 10.5. The van der Waals surface area contributed by atoms with Crippen molar-refractivity contribution in [3.8, 4) is 11.5 Å². The summed E-state index contributed by atoms with van der Waals surface area (Å²) >= 11 is 0. The first-order valence-corrected chi connectivity index (χ1v) is 12.7. The standard InChI is InChI=1S/C24H28N2O9.C2HF3O/c1-11(25-21(31)14(28)10-17(29)30)22(32)34-15-5-6-24(33)16-9-12-3-4-13(27)19-18(12)23(24,20(15)35-19)7-8-26(16)2;3-2(4,5)1-6/h3-5,11,14,16,20,27-28,33H,6-10H2,1-2H3,(H,25,31)(H,29,30);1H/t11-,14-,16+,20-,23-,24+;/m0./s1. The lowest BCUT2D eigenvalue weighted by Gasteiger charge is -2.61. The zero-order valence-electron chi connectivity index (χ0n) is 22.0. The van der Waals surface area contributed by atoms with Gasteiger partial charge in [0.05, 0.1) is 17.4 Å². The Morgan fingerprint density at radius 2 is 1.98 bits per heavy atom. The molecule has 12 nitrogen and oxygen atoms in total. The zero-order chi connectivity index (χ0) is 30.5. The summed E-state index contributed by atoms with van der Waals surface area (Å²) < 4.78 is 43.1. The van der Waals surface area contributed by atoms with E-state index in [-0.39, 0.29) is 29.7 Å². The molecule has 0 unspecified atom stereocenters. The Hall–Kier alpha value is -3.69. The number of aliphatic hydroxyl groups is 2. The van der Waals surface area contributed by atoms with Crippen molar-refractivity contribution in [3.63, 3.8) is 0 Å². The quantitative estimate of drug-likeness (QED) is 0.228. The summed E-state index contributed by atoms with van der Waals surface area (Å²) in [5.41, 5.74) is -0.385. The number of nitrogens with zero attached hydrogens (tertiary/aromatic N) is 1. The van der Waals surface area contributed by atoms with Gasteiger partial charge in [-0.25, -0.2) is 4.79 Å². The molecule has 2 bridgehead atoms. The van der Waals surface area contributed by atoms with E-state index in [0.29, 0.717) is 19.4 Å². The van der Waals surface area contributed by atoms with Crippen molar-refractivity contribution in [2.75, 3.05) is 13.6 Å².